The summed E-state index contributed by atoms with van der Waals surface area (Å²) in [5.41, 5.74) is 3.21. The molecule has 0 spiro atoms. The average Bonchev–Trinajstić information content (AvgIpc) is 3.26. The van der Waals surface area contributed by atoms with Crippen molar-refractivity contribution in [1.82, 2.24) is 15.5 Å². The summed E-state index contributed by atoms with van der Waals surface area (Å²) in [5, 5.41) is 25.2. The first-order valence-electron chi connectivity index (χ1n) is 15.0. The van der Waals surface area contributed by atoms with Crippen LogP contribution in [0.3, 0.4) is 0 Å². The third-order valence-corrected chi connectivity index (χ3v) is 8.98. The second-order valence-corrected chi connectivity index (χ2v) is 12.1. The molecule has 3 aliphatic rings. The summed E-state index contributed by atoms with van der Waals surface area (Å²) in [6.45, 7) is 2.64. The van der Waals surface area contributed by atoms with Gasteiger partial charge in [-0.05, 0) is 73.4 Å². The normalized spacial score (nSPS) is 22.2. The lowest BCUT2D eigenvalue weighted by atomic mass is 9.73. The minimum Gasteiger partial charge on any atom is -0.390 e. The number of halogens is 2. The molecule has 0 radical (unpaired) electrons. The summed E-state index contributed by atoms with van der Waals surface area (Å²) < 4.78 is 27.5. The van der Waals surface area contributed by atoms with E-state index in [-0.39, 0.29) is 17.9 Å². The number of likely N-dealkylation sites (tertiary alicyclic amines) is 1. The molecule has 2 amide bonds. The molecule has 1 saturated heterocycles. The molecule has 4 N–H and O–H groups in total. The van der Waals surface area contributed by atoms with Crippen LogP contribution in [0.5, 0.6) is 0 Å². The van der Waals surface area contributed by atoms with Crippen LogP contribution in [0.2, 0.25) is 0 Å². The zero-order chi connectivity index (χ0) is 29.9. The van der Waals surface area contributed by atoms with Crippen molar-refractivity contribution in [2.24, 2.45) is 0 Å². The van der Waals surface area contributed by atoms with Crippen molar-refractivity contribution in [3.8, 4) is 11.1 Å². The summed E-state index contributed by atoms with van der Waals surface area (Å²) in [5.74, 6) is -3.55. The molecule has 0 saturated carbocycles. The lowest BCUT2D eigenvalue weighted by molar-refractivity contribution is -0.127. The Morgan fingerprint density at radius 2 is 1.60 bits per heavy atom. The number of hydrogen-bond acceptors (Lipinski definition) is 5. The number of fused-ring (bicyclic) bond motifs is 3. The van der Waals surface area contributed by atoms with E-state index in [1.165, 1.54) is 6.08 Å². The van der Waals surface area contributed by atoms with Gasteiger partial charge in [0, 0.05) is 31.6 Å². The molecule has 1 heterocycles. The highest BCUT2D eigenvalue weighted by molar-refractivity contribution is 6.00. The van der Waals surface area contributed by atoms with Crippen LogP contribution >= 0.6 is 0 Å². The summed E-state index contributed by atoms with van der Waals surface area (Å²) in [4.78, 5) is 28.8. The number of aliphatic hydroxyl groups is 2. The standard InChI is InChI=1S/C33H41F2N3O4/c1-32(34,35)21-36-31(42)33(26-10-4-2-8-24(26)25-9-3-5-11-27(25)33)16-6-7-17-38-18-14-23(15-19-38)37-30(41)22-12-13-28(39)29(40)20-22/h2-5,8-11,20,23,28-29,39-40H,6-7,12-19,21H2,1H3,(H,36,42)(H,37,41). The van der Waals surface area contributed by atoms with Crippen LogP contribution in [0.25, 0.3) is 11.1 Å². The molecule has 2 aliphatic carbocycles. The van der Waals surface area contributed by atoms with Gasteiger partial charge in [0.2, 0.25) is 11.8 Å². The van der Waals surface area contributed by atoms with E-state index in [2.05, 4.69) is 15.5 Å². The topological polar surface area (TPSA) is 102 Å². The van der Waals surface area contributed by atoms with Crippen LogP contribution in [0.4, 0.5) is 8.78 Å². The van der Waals surface area contributed by atoms with Crippen LogP contribution in [0.1, 0.15) is 63.0 Å². The maximum atomic E-state index is 13.8. The summed E-state index contributed by atoms with van der Waals surface area (Å²) in [6, 6.07) is 15.6. The summed E-state index contributed by atoms with van der Waals surface area (Å²) >= 11 is 0. The van der Waals surface area contributed by atoms with E-state index < -0.39 is 30.1 Å². The van der Waals surface area contributed by atoms with Crippen molar-refractivity contribution in [3.05, 3.63) is 71.3 Å². The first-order valence-corrected chi connectivity index (χ1v) is 15.0. The van der Waals surface area contributed by atoms with Crippen molar-refractivity contribution in [1.29, 1.82) is 0 Å². The van der Waals surface area contributed by atoms with Crippen molar-refractivity contribution >= 4 is 11.8 Å². The van der Waals surface area contributed by atoms with Gasteiger partial charge in [0.05, 0.1) is 18.8 Å². The zero-order valence-corrected chi connectivity index (χ0v) is 24.1. The molecule has 0 bridgehead atoms. The number of amides is 2. The van der Waals surface area contributed by atoms with E-state index >= 15 is 0 Å². The average molecular weight is 582 g/mol. The van der Waals surface area contributed by atoms with Gasteiger partial charge in [0.25, 0.3) is 5.92 Å². The highest BCUT2D eigenvalue weighted by Crippen LogP contribution is 2.51. The van der Waals surface area contributed by atoms with Gasteiger partial charge in [0.15, 0.2) is 0 Å². The molecule has 0 aromatic heterocycles. The number of nitrogens with zero attached hydrogens (tertiary/aromatic N) is 1. The molecule has 9 heteroatoms. The van der Waals surface area contributed by atoms with Gasteiger partial charge in [0.1, 0.15) is 5.41 Å². The predicted molar refractivity (Wildman–Crippen MR) is 157 cm³/mol. The summed E-state index contributed by atoms with van der Waals surface area (Å²) in [7, 11) is 0. The minimum atomic E-state index is -3.00. The fourth-order valence-electron chi connectivity index (χ4n) is 6.71. The largest absolute Gasteiger partial charge is 0.390 e. The second kappa shape index (κ2) is 12.6. The van der Waals surface area contributed by atoms with E-state index in [4.69, 9.17) is 0 Å². The maximum Gasteiger partial charge on any atom is 0.262 e. The number of piperidine rings is 1. The van der Waals surface area contributed by atoms with Crippen molar-refractivity contribution < 1.29 is 28.6 Å². The lowest BCUT2D eigenvalue weighted by Gasteiger charge is -2.34. The Balaban J connectivity index is 1.18. The number of rotatable bonds is 10. The van der Waals surface area contributed by atoms with Crippen molar-refractivity contribution in [3.63, 3.8) is 0 Å². The smallest absolute Gasteiger partial charge is 0.262 e. The number of nitrogens with one attached hydrogen (secondary N) is 2. The van der Waals surface area contributed by atoms with E-state index in [0.29, 0.717) is 24.8 Å². The van der Waals surface area contributed by atoms with Gasteiger partial charge in [-0.15, -0.1) is 0 Å². The molecular formula is C33H41F2N3O4. The SMILES string of the molecule is CC(F)(F)CNC(=O)C1(CCCCN2CCC(NC(=O)C3=CC(O)C(O)CC3)CC2)c2ccccc2-c2ccccc21. The Bertz CT molecular complexity index is 1270. The van der Waals surface area contributed by atoms with E-state index in [1.54, 1.807) is 0 Å². The molecule has 7 nitrogen and oxygen atoms in total. The van der Waals surface area contributed by atoms with E-state index in [9.17, 15) is 28.6 Å². The Morgan fingerprint density at radius 1 is 0.976 bits per heavy atom. The zero-order valence-electron chi connectivity index (χ0n) is 24.1. The molecule has 42 heavy (non-hydrogen) atoms. The van der Waals surface area contributed by atoms with Crippen LogP contribution in [-0.4, -0.2) is 77.3 Å². The van der Waals surface area contributed by atoms with Gasteiger partial charge in [-0.1, -0.05) is 55.0 Å². The molecule has 1 fully saturated rings. The first-order chi connectivity index (χ1) is 20.1. The lowest BCUT2D eigenvalue weighted by Crippen LogP contribution is -2.47. The van der Waals surface area contributed by atoms with Crippen LogP contribution in [-0.2, 0) is 15.0 Å². The van der Waals surface area contributed by atoms with Crippen LogP contribution < -0.4 is 10.6 Å². The third kappa shape index (κ3) is 6.43. The predicted octanol–water partition coefficient (Wildman–Crippen LogP) is 3.92. The van der Waals surface area contributed by atoms with E-state index in [1.807, 2.05) is 48.5 Å². The highest BCUT2D eigenvalue weighted by Gasteiger charge is 2.48. The number of carbonyl (C=O) groups is 2. The monoisotopic (exact) mass is 581 g/mol. The Labute approximate surface area is 246 Å². The molecule has 5 rings (SSSR count). The molecule has 2 atom stereocenters. The van der Waals surface area contributed by atoms with Crippen LogP contribution in [0, 0.1) is 0 Å². The quantitative estimate of drug-likeness (QED) is 0.319. The molecule has 2 aromatic rings. The second-order valence-electron chi connectivity index (χ2n) is 12.1. The molecule has 2 unspecified atom stereocenters. The number of aliphatic hydroxyl groups excluding tert-OH is 2. The van der Waals surface area contributed by atoms with Gasteiger partial charge >= 0.3 is 0 Å². The van der Waals surface area contributed by atoms with Crippen molar-refractivity contribution in [2.45, 2.75) is 81.5 Å². The minimum absolute atomic E-state index is 0.0637. The fourth-order valence-corrected chi connectivity index (χ4v) is 6.71. The maximum absolute atomic E-state index is 13.8. The number of carbonyl (C=O) groups excluding carboxylic acids is 2. The van der Waals surface area contributed by atoms with Gasteiger partial charge < -0.3 is 25.7 Å². The number of hydrogen-bond donors (Lipinski definition) is 4. The summed E-state index contributed by atoms with van der Waals surface area (Å²) in [6.07, 6.45) is 4.25. The molecule has 226 valence electrons. The van der Waals surface area contributed by atoms with E-state index in [0.717, 1.165) is 74.5 Å². The fraction of sp³-hybridized carbons (Fsp3) is 0.515. The Morgan fingerprint density at radius 3 is 2.19 bits per heavy atom. The Kier molecular flexibility index (Phi) is 9.11. The van der Waals surface area contributed by atoms with Gasteiger partial charge in [-0.2, -0.15) is 0 Å². The van der Waals surface area contributed by atoms with Gasteiger partial charge in [-0.3, -0.25) is 9.59 Å². The third-order valence-electron chi connectivity index (χ3n) is 8.98. The van der Waals surface area contributed by atoms with Crippen LogP contribution in [0.15, 0.2) is 60.2 Å². The first kappa shape index (κ1) is 30.3. The number of benzene rings is 2. The highest BCUT2D eigenvalue weighted by atomic mass is 19.3. The van der Waals surface area contributed by atoms with Crippen molar-refractivity contribution in [2.75, 3.05) is 26.2 Å². The Hall–Kier alpha value is -3.14. The number of unbranched alkanes of at least 4 members (excludes halogenated alkanes) is 1. The molecule has 2 aromatic carbocycles. The molecule has 1 aliphatic heterocycles. The van der Waals surface area contributed by atoms with Gasteiger partial charge in [-0.25, -0.2) is 8.78 Å². The molecular weight excluding hydrogens is 540 g/mol. The number of alkyl halides is 2.